The number of hydrogen-bond acceptors (Lipinski definition) is 3. The lowest BCUT2D eigenvalue weighted by Gasteiger charge is -2.30. The second-order valence-corrected chi connectivity index (χ2v) is 17.9. The fraction of sp³-hybridized carbons (Fsp3) is 0.0159. The van der Waals surface area contributed by atoms with E-state index in [4.69, 9.17) is 14.4 Å². The van der Waals surface area contributed by atoms with Gasteiger partial charge in [-0.05, 0) is 98.6 Å². The first-order valence-corrected chi connectivity index (χ1v) is 23.0. The summed E-state index contributed by atoms with van der Waals surface area (Å²) in [5.41, 5.74) is 21.4. The lowest BCUT2D eigenvalue weighted by atomic mass is 9.70. The van der Waals surface area contributed by atoms with Crippen molar-refractivity contribution >= 4 is 54.6 Å². The van der Waals surface area contributed by atoms with Crippen LogP contribution in [0.2, 0.25) is 0 Å². The van der Waals surface area contributed by atoms with Gasteiger partial charge in [-0.1, -0.05) is 176 Å². The van der Waals surface area contributed by atoms with Crippen molar-refractivity contribution in [3.05, 3.63) is 247 Å². The molecule has 0 unspecified atom stereocenters. The number of furan rings is 1. The number of aromatic nitrogens is 3. The molecule has 3 aromatic heterocycles. The van der Waals surface area contributed by atoms with E-state index in [1.54, 1.807) is 0 Å². The number of para-hydroxylation sites is 2. The van der Waals surface area contributed by atoms with Crippen molar-refractivity contribution in [2.75, 3.05) is 0 Å². The first-order valence-electron chi connectivity index (χ1n) is 23.0. The molecule has 15 rings (SSSR count). The zero-order chi connectivity index (χ0) is 43.8. The number of fused-ring (bicyclic) bond motifs is 18. The Kier molecular flexibility index (Phi) is 7.40. The van der Waals surface area contributed by atoms with Crippen LogP contribution in [0.25, 0.3) is 116 Å². The van der Waals surface area contributed by atoms with Crippen molar-refractivity contribution < 1.29 is 4.42 Å². The third kappa shape index (κ3) is 4.91. The maximum atomic E-state index is 6.58. The Morgan fingerprint density at radius 2 is 1.01 bits per heavy atom. The van der Waals surface area contributed by atoms with Crippen molar-refractivity contribution in [3.8, 4) is 61.7 Å². The van der Waals surface area contributed by atoms with E-state index in [0.29, 0.717) is 5.82 Å². The second kappa shape index (κ2) is 13.6. The SMILES string of the molecule is c1ccc(-c2nc(-c3cccc4oc5ccc(-c6ccc7c(c6)c6ccc8c(c6n7-c6ccccc6)-c6ccccc6C86c7ccccc7-c7ccccc76)cc5c34)nc3ccccc23)cc1. The molecule has 67 heavy (non-hydrogen) atoms. The Morgan fingerprint density at radius 1 is 0.388 bits per heavy atom. The molecule has 0 aliphatic heterocycles. The van der Waals surface area contributed by atoms with Gasteiger partial charge in [0.2, 0.25) is 0 Å². The Balaban J connectivity index is 0.960. The minimum atomic E-state index is -0.431. The third-order valence-electron chi connectivity index (χ3n) is 14.6. The van der Waals surface area contributed by atoms with E-state index in [0.717, 1.165) is 66.5 Å². The van der Waals surface area contributed by atoms with E-state index in [9.17, 15) is 0 Å². The molecule has 310 valence electrons. The van der Waals surface area contributed by atoms with Gasteiger partial charge in [0.05, 0.1) is 27.7 Å². The Labute approximate surface area is 385 Å². The van der Waals surface area contributed by atoms with Crippen LogP contribution in [-0.2, 0) is 5.41 Å². The van der Waals surface area contributed by atoms with Crippen LogP contribution < -0.4 is 0 Å². The zero-order valence-electron chi connectivity index (χ0n) is 36.1. The van der Waals surface area contributed by atoms with Gasteiger partial charge in [0.25, 0.3) is 0 Å². The summed E-state index contributed by atoms with van der Waals surface area (Å²) in [5, 5.41) is 5.50. The normalized spacial score (nSPS) is 13.2. The first-order chi connectivity index (χ1) is 33.2. The van der Waals surface area contributed by atoms with Crippen molar-refractivity contribution in [2.24, 2.45) is 0 Å². The summed E-state index contributed by atoms with van der Waals surface area (Å²) in [6.07, 6.45) is 0. The van der Waals surface area contributed by atoms with Crippen LogP contribution in [0.15, 0.2) is 229 Å². The van der Waals surface area contributed by atoms with Crippen molar-refractivity contribution in [2.45, 2.75) is 5.41 Å². The fourth-order valence-electron chi connectivity index (χ4n) is 11.9. The van der Waals surface area contributed by atoms with E-state index < -0.39 is 5.41 Å². The molecule has 0 radical (unpaired) electrons. The Bertz CT molecular complexity index is 4170. The molecule has 4 nitrogen and oxygen atoms in total. The highest BCUT2D eigenvalue weighted by Gasteiger charge is 2.52. The standard InChI is InChI=1S/C63H37N3O/c1-3-16-38(17-4-1)60-46-23-10-14-28-54(46)64-62(65-60)47-24-15-29-57-58(47)49-37-40(31-35-56(49)67-57)39-30-34-55-48(36-39)44-32-33-53-59(61(44)66(55)41-18-5-2-6-19-41)45-22-9-13-27-52(45)63(53)50-25-11-7-20-42(50)43-21-8-12-26-51(43)63/h1-37H. The van der Waals surface area contributed by atoms with Gasteiger partial charge in [-0.15, -0.1) is 0 Å². The molecule has 0 bridgehead atoms. The van der Waals surface area contributed by atoms with Crippen molar-refractivity contribution in [3.63, 3.8) is 0 Å². The van der Waals surface area contributed by atoms with Crippen LogP contribution in [0.4, 0.5) is 0 Å². The van der Waals surface area contributed by atoms with Crippen LogP contribution in [0.3, 0.4) is 0 Å². The van der Waals surface area contributed by atoms with Gasteiger partial charge >= 0.3 is 0 Å². The summed E-state index contributed by atoms with van der Waals surface area (Å²) >= 11 is 0. The Hall–Kier alpha value is -8.86. The van der Waals surface area contributed by atoms with E-state index in [1.165, 1.54) is 66.3 Å². The van der Waals surface area contributed by atoms with E-state index >= 15 is 0 Å². The fourth-order valence-corrected chi connectivity index (χ4v) is 11.9. The molecule has 1 spiro atoms. The van der Waals surface area contributed by atoms with Gasteiger partial charge in [0.1, 0.15) is 11.2 Å². The minimum absolute atomic E-state index is 0.431. The second-order valence-electron chi connectivity index (χ2n) is 17.9. The predicted octanol–water partition coefficient (Wildman–Crippen LogP) is 16.0. The molecular formula is C63H37N3O. The molecule has 13 aromatic rings. The first kappa shape index (κ1) is 36.5. The highest BCUT2D eigenvalue weighted by atomic mass is 16.3. The quantitative estimate of drug-likeness (QED) is 0.177. The summed E-state index contributed by atoms with van der Waals surface area (Å²) in [6, 6.07) is 81.3. The third-order valence-corrected chi connectivity index (χ3v) is 14.6. The van der Waals surface area contributed by atoms with E-state index in [-0.39, 0.29) is 0 Å². The molecule has 0 saturated carbocycles. The molecule has 2 aliphatic carbocycles. The number of rotatable bonds is 4. The summed E-state index contributed by atoms with van der Waals surface area (Å²) in [5.74, 6) is 0.673. The minimum Gasteiger partial charge on any atom is -0.456 e. The van der Waals surface area contributed by atoms with E-state index in [2.05, 4.69) is 205 Å². The summed E-state index contributed by atoms with van der Waals surface area (Å²) in [7, 11) is 0. The van der Waals surface area contributed by atoms with E-state index in [1.807, 2.05) is 24.3 Å². The smallest absolute Gasteiger partial charge is 0.161 e. The summed E-state index contributed by atoms with van der Waals surface area (Å²) in [6.45, 7) is 0. The molecule has 0 amide bonds. The predicted molar refractivity (Wildman–Crippen MR) is 274 cm³/mol. The van der Waals surface area contributed by atoms with Gasteiger partial charge < -0.3 is 8.98 Å². The maximum Gasteiger partial charge on any atom is 0.161 e. The molecule has 2 aliphatic rings. The molecule has 4 heteroatoms. The van der Waals surface area contributed by atoms with Gasteiger partial charge in [0.15, 0.2) is 5.82 Å². The summed E-state index contributed by atoms with van der Waals surface area (Å²) < 4.78 is 9.09. The molecule has 10 aromatic carbocycles. The lowest BCUT2D eigenvalue weighted by molar-refractivity contribution is 0.669. The lowest BCUT2D eigenvalue weighted by Crippen LogP contribution is -2.25. The zero-order valence-corrected chi connectivity index (χ0v) is 36.1. The highest BCUT2D eigenvalue weighted by molar-refractivity contribution is 6.18. The average molecular weight is 852 g/mol. The number of nitrogens with zero attached hydrogens (tertiary/aromatic N) is 3. The monoisotopic (exact) mass is 851 g/mol. The molecule has 0 N–H and O–H groups in total. The molecule has 0 saturated heterocycles. The number of benzene rings is 10. The van der Waals surface area contributed by atoms with Gasteiger partial charge in [-0.2, -0.15) is 0 Å². The highest BCUT2D eigenvalue weighted by Crippen LogP contribution is 2.64. The molecule has 0 atom stereocenters. The van der Waals surface area contributed by atoms with Gasteiger partial charge in [-0.3, -0.25) is 0 Å². The summed E-state index contributed by atoms with van der Waals surface area (Å²) in [4.78, 5) is 10.4. The van der Waals surface area contributed by atoms with Crippen LogP contribution in [0.5, 0.6) is 0 Å². The molecular weight excluding hydrogens is 815 g/mol. The van der Waals surface area contributed by atoms with Crippen LogP contribution in [0.1, 0.15) is 22.3 Å². The Morgan fingerprint density at radius 3 is 1.79 bits per heavy atom. The van der Waals surface area contributed by atoms with Gasteiger partial charge in [0, 0.05) is 49.3 Å². The van der Waals surface area contributed by atoms with Gasteiger partial charge in [-0.25, -0.2) is 9.97 Å². The molecule has 3 heterocycles. The number of hydrogen-bond donors (Lipinski definition) is 0. The maximum absolute atomic E-state index is 6.58. The average Bonchev–Trinajstić information content (AvgIpc) is 4.12. The van der Waals surface area contributed by atoms with Crippen LogP contribution in [0, 0.1) is 0 Å². The van der Waals surface area contributed by atoms with Crippen LogP contribution >= 0.6 is 0 Å². The van der Waals surface area contributed by atoms with Crippen molar-refractivity contribution in [1.82, 2.24) is 14.5 Å². The topological polar surface area (TPSA) is 43.9 Å². The van der Waals surface area contributed by atoms with Crippen molar-refractivity contribution in [1.29, 1.82) is 0 Å². The largest absolute Gasteiger partial charge is 0.456 e. The van der Waals surface area contributed by atoms with Crippen LogP contribution in [-0.4, -0.2) is 14.5 Å². The molecule has 0 fully saturated rings.